The predicted octanol–water partition coefficient (Wildman–Crippen LogP) is 1.31. The number of hydrogen-bond acceptors (Lipinski definition) is 5. The SMILES string of the molecule is CN1CC[C@]23c4c5ccc(O)c4O[C@H]2[C@@H](OCC(=O)O)C=C[C@H]3[C@H]1C5. The number of nitrogens with zero attached hydrogens (tertiary/aromatic N) is 1. The summed E-state index contributed by atoms with van der Waals surface area (Å²) in [6.07, 6.45) is 5.28. The van der Waals surface area contributed by atoms with E-state index in [0.29, 0.717) is 11.8 Å². The zero-order chi connectivity index (χ0) is 17.3. The molecule has 5 atom stereocenters. The number of carboxylic acid groups (broad SMARTS) is 1. The monoisotopic (exact) mass is 343 g/mol. The van der Waals surface area contributed by atoms with Crippen LogP contribution in [0.15, 0.2) is 24.3 Å². The van der Waals surface area contributed by atoms with Gasteiger partial charge in [0.2, 0.25) is 0 Å². The Bertz CT molecular complexity index is 790. The van der Waals surface area contributed by atoms with Gasteiger partial charge in [-0.1, -0.05) is 18.2 Å². The average Bonchev–Trinajstić information content (AvgIpc) is 2.94. The van der Waals surface area contributed by atoms with Crippen LogP contribution < -0.4 is 4.74 Å². The number of likely N-dealkylation sites (N-methyl/N-ethyl adjacent to an activating group) is 1. The lowest BCUT2D eigenvalue weighted by Crippen LogP contribution is -2.65. The predicted molar refractivity (Wildman–Crippen MR) is 88.9 cm³/mol. The molecule has 2 bridgehead atoms. The first kappa shape index (κ1) is 15.2. The van der Waals surface area contributed by atoms with Crippen molar-refractivity contribution in [3.63, 3.8) is 0 Å². The number of aliphatic carboxylic acids is 1. The number of phenolic OH excluding ortho intramolecular Hbond substituents is 1. The van der Waals surface area contributed by atoms with E-state index in [-0.39, 0.29) is 29.8 Å². The Hall–Kier alpha value is -2.05. The van der Waals surface area contributed by atoms with E-state index in [2.05, 4.69) is 18.0 Å². The Morgan fingerprint density at radius 1 is 1.44 bits per heavy atom. The average molecular weight is 343 g/mol. The molecule has 2 aliphatic heterocycles. The molecule has 132 valence electrons. The first-order valence-electron chi connectivity index (χ1n) is 8.76. The van der Waals surface area contributed by atoms with Gasteiger partial charge in [-0.25, -0.2) is 4.79 Å². The van der Waals surface area contributed by atoms with Crippen molar-refractivity contribution in [3.05, 3.63) is 35.4 Å². The second-order valence-corrected chi connectivity index (χ2v) is 7.61. The van der Waals surface area contributed by atoms with Crippen LogP contribution >= 0.6 is 0 Å². The van der Waals surface area contributed by atoms with Crippen molar-refractivity contribution in [2.24, 2.45) is 5.92 Å². The summed E-state index contributed by atoms with van der Waals surface area (Å²) in [5, 5.41) is 19.4. The number of piperidine rings is 1. The Balaban J connectivity index is 1.67. The van der Waals surface area contributed by atoms with Gasteiger partial charge in [-0.15, -0.1) is 0 Å². The van der Waals surface area contributed by atoms with E-state index in [0.717, 1.165) is 24.9 Å². The van der Waals surface area contributed by atoms with Gasteiger partial charge in [-0.3, -0.25) is 0 Å². The van der Waals surface area contributed by atoms with E-state index in [1.54, 1.807) is 6.07 Å². The van der Waals surface area contributed by atoms with Crippen LogP contribution in [-0.4, -0.2) is 59.5 Å². The van der Waals surface area contributed by atoms with E-state index in [1.807, 2.05) is 12.1 Å². The highest BCUT2D eigenvalue weighted by Crippen LogP contribution is 2.62. The molecule has 2 N–H and O–H groups in total. The van der Waals surface area contributed by atoms with Gasteiger partial charge in [0.05, 0.1) is 0 Å². The van der Waals surface area contributed by atoms with Crippen LogP contribution in [-0.2, 0) is 21.4 Å². The van der Waals surface area contributed by atoms with Crippen molar-refractivity contribution in [2.75, 3.05) is 20.2 Å². The van der Waals surface area contributed by atoms with Gasteiger partial charge in [0.25, 0.3) is 0 Å². The number of carbonyl (C=O) groups is 1. The molecule has 0 unspecified atom stereocenters. The summed E-state index contributed by atoms with van der Waals surface area (Å²) in [5.74, 6) is 0.0345. The van der Waals surface area contributed by atoms with Gasteiger partial charge in [0, 0.05) is 22.9 Å². The third-order valence-electron chi connectivity index (χ3n) is 6.53. The van der Waals surface area contributed by atoms with Gasteiger partial charge in [0.1, 0.15) is 18.8 Å². The van der Waals surface area contributed by atoms with Gasteiger partial charge in [-0.2, -0.15) is 0 Å². The molecule has 0 amide bonds. The highest BCUT2D eigenvalue weighted by Gasteiger charge is 2.64. The molecular formula is C19H21NO5. The molecule has 2 heterocycles. The molecule has 6 heteroatoms. The van der Waals surface area contributed by atoms with Crippen molar-refractivity contribution in [2.45, 2.75) is 36.5 Å². The highest BCUT2D eigenvalue weighted by atomic mass is 16.6. The van der Waals surface area contributed by atoms with E-state index >= 15 is 0 Å². The number of likely N-dealkylation sites (tertiary alicyclic amines) is 1. The molecule has 5 rings (SSSR count). The van der Waals surface area contributed by atoms with Crippen LogP contribution in [0.1, 0.15) is 17.5 Å². The van der Waals surface area contributed by atoms with Crippen LogP contribution in [0.3, 0.4) is 0 Å². The number of rotatable bonds is 3. The first-order chi connectivity index (χ1) is 12.0. The molecule has 1 aromatic carbocycles. The fourth-order valence-corrected chi connectivity index (χ4v) is 5.53. The first-order valence-corrected chi connectivity index (χ1v) is 8.76. The quantitative estimate of drug-likeness (QED) is 0.806. The van der Waals surface area contributed by atoms with Crippen molar-refractivity contribution in [3.8, 4) is 11.5 Å². The van der Waals surface area contributed by atoms with Crippen LogP contribution in [0.5, 0.6) is 11.5 Å². The summed E-state index contributed by atoms with van der Waals surface area (Å²) in [4.78, 5) is 13.4. The maximum atomic E-state index is 11.0. The Morgan fingerprint density at radius 2 is 2.28 bits per heavy atom. The molecule has 25 heavy (non-hydrogen) atoms. The summed E-state index contributed by atoms with van der Waals surface area (Å²) in [7, 11) is 2.16. The molecule has 0 saturated carbocycles. The van der Waals surface area contributed by atoms with Crippen molar-refractivity contribution >= 4 is 5.97 Å². The molecule has 1 aromatic rings. The normalized spacial score (nSPS) is 37.5. The highest BCUT2D eigenvalue weighted by molar-refractivity contribution is 5.68. The maximum Gasteiger partial charge on any atom is 0.329 e. The van der Waals surface area contributed by atoms with E-state index in [4.69, 9.17) is 14.6 Å². The summed E-state index contributed by atoms with van der Waals surface area (Å²) in [6, 6.07) is 4.10. The summed E-state index contributed by atoms with van der Waals surface area (Å²) < 4.78 is 11.9. The van der Waals surface area contributed by atoms with E-state index < -0.39 is 12.1 Å². The van der Waals surface area contributed by atoms with Gasteiger partial charge >= 0.3 is 5.97 Å². The largest absolute Gasteiger partial charge is 0.504 e. The van der Waals surface area contributed by atoms with Gasteiger partial charge in [0.15, 0.2) is 11.5 Å². The molecule has 0 aromatic heterocycles. The van der Waals surface area contributed by atoms with Crippen LogP contribution in [0.4, 0.5) is 0 Å². The number of benzene rings is 1. The second kappa shape index (κ2) is 4.99. The smallest absolute Gasteiger partial charge is 0.329 e. The fraction of sp³-hybridized carbons (Fsp3) is 0.526. The molecule has 6 nitrogen and oxygen atoms in total. The Labute approximate surface area is 145 Å². The molecule has 2 aliphatic carbocycles. The number of carboxylic acids is 1. The maximum absolute atomic E-state index is 11.0. The standard InChI is InChI=1S/C19H21NO5/c1-20-7-6-19-11-3-5-14(24-9-15(22)23)18(19)25-17-13(21)4-2-10(16(17)19)8-12(11)20/h2-5,11-12,14,18,21H,6-9H2,1H3,(H,22,23)/t11-,12+,14-,18-,19-/m0/s1. The van der Waals surface area contributed by atoms with E-state index in [9.17, 15) is 9.90 Å². The third-order valence-corrected chi connectivity index (χ3v) is 6.53. The lowest BCUT2D eigenvalue weighted by atomic mass is 9.53. The molecule has 0 radical (unpaired) electrons. The molecule has 4 aliphatic rings. The lowest BCUT2D eigenvalue weighted by molar-refractivity contribution is -0.147. The van der Waals surface area contributed by atoms with Crippen LogP contribution in [0.2, 0.25) is 0 Å². The zero-order valence-electron chi connectivity index (χ0n) is 14.0. The topological polar surface area (TPSA) is 79.2 Å². The van der Waals surface area contributed by atoms with Crippen molar-refractivity contribution in [1.82, 2.24) is 4.90 Å². The number of phenols is 1. The number of ether oxygens (including phenoxy) is 2. The summed E-state index contributed by atoms with van der Waals surface area (Å²) in [5.41, 5.74) is 2.12. The van der Waals surface area contributed by atoms with Crippen LogP contribution in [0.25, 0.3) is 0 Å². The van der Waals surface area contributed by atoms with Crippen molar-refractivity contribution < 1.29 is 24.5 Å². The molecule has 1 fully saturated rings. The Morgan fingerprint density at radius 3 is 3.08 bits per heavy atom. The second-order valence-electron chi connectivity index (χ2n) is 7.61. The molecule has 1 saturated heterocycles. The summed E-state index contributed by atoms with van der Waals surface area (Å²) in [6.45, 7) is 0.600. The van der Waals surface area contributed by atoms with Crippen LogP contribution in [0, 0.1) is 5.92 Å². The molecular weight excluding hydrogens is 322 g/mol. The Kier molecular flexibility index (Phi) is 3.04. The van der Waals surface area contributed by atoms with Gasteiger partial charge in [-0.05, 0) is 38.1 Å². The third kappa shape index (κ3) is 1.84. The summed E-state index contributed by atoms with van der Waals surface area (Å²) >= 11 is 0. The zero-order valence-corrected chi connectivity index (χ0v) is 14.0. The number of aromatic hydroxyl groups is 1. The molecule has 1 spiro atoms. The van der Waals surface area contributed by atoms with Crippen molar-refractivity contribution in [1.29, 1.82) is 0 Å². The minimum absolute atomic E-state index is 0.163. The lowest BCUT2D eigenvalue weighted by Gasteiger charge is -2.56. The minimum atomic E-state index is -0.989. The number of hydrogen-bond donors (Lipinski definition) is 2. The minimum Gasteiger partial charge on any atom is -0.504 e. The fourth-order valence-electron chi connectivity index (χ4n) is 5.53. The van der Waals surface area contributed by atoms with Gasteiger partial charge < -0.3 is 24.6 Å². The van der Waals surface area contributed by atoms with E-state index in [1.165, 1.54) is 5.56 Å².